The van der Waals surface area contributed by atoms with Crippen molar-refractivity contribution in [3.05, 3.63) is 57.3 Å². The first-order valence-corrected chi connectivity index (χ1v) is 13.7. The van der Waals surface area contributed by atoms with E-state index in [0.717, 1.165) is 30.8 Å². The zero-order chi connectivity index (χ0) is 28.4. The number of piperidine rings is 1. The summed E-state index contributed by atoms with van der Waals surface area (Å²) in [4.78, 5) is 46.3. The Morgan fingerprint density at radius 3 is 2.77 bits per heavy atom. The van der Waals surface area contributed by atoms with Gasteiger partial charge in [-0.15, -0.1) is 0 Å². The molecule has 0 aliphatic carbocycles. The van der Waals surface area contributed by atoms with Crippen LogP contribution in [-0.4, -0.2) is 69.9 Å². The van der Waals surface area contributed by atoms with Gasteiger partial charge in [-0.25, -0.2) is 4.98 Å². The van der Waals surface area contributed by atoms with Crippen LogP contribution in [0.2, 0.25) is 5.15 Å². The van der Waals surface area contributed by atoms with Crippen molar-refractivity contribution in [1.29, 1.82) is 0 Å². The number of anilines is 2. The van der Waals surface area contributed by atoms with Gasteiger partial charge in [-0.1, -0.05) is 18.0 Å². The molecule has 210 valence electrons. The van der Waals surface area contributed by atoms with Gasteiger partial charge < -0.3 is 25.7 Å². The van der Waals surface area contributed by atoms with Gasteiger partial charge in [0.15, 0.2) is 5.82 Å². The number of amides is 2. The lowest BCUT2D eigenvalue weighted by molar-refractivity contribution is -0.113. The molecule has 0 aromatic carbocycles. The van der Waals surface area contributed by atoms with E-state index in [1.54, 1.807) is 31.6 Å². The molecule has 1 saturated heterocycles. The van der Waals surface area contributed by atoms with E-state index < -0.39 is 0 Å². The fourth-order valence-electron chi connectivity index (χ4n) is 5.27. The molecule has 2 aliphatic heterocycles. The van der Waals surface area contributed by atoms with Crippen LogP contribution in [0, 0.1) is 13.8 Å². The standard InChI is InChI=1S/C28H33ClN8O3/c1-16-13-33-21(17(2)23(16)40-3)15-37-25-22(24(29)34-28(30)35-25)20(27(37)39)12-19-11-18(14-32-19)26(38)31-7-10-36-8-5-4-6-9-36/h11-14,32H,4-10,15H2,1-3H3,(H,31,38)(H2,30,34,35). The lowest BCUT2D eigenvalue weighted by Crippen LogP contribution is -2.37. The number of nitrogens with zero attached hydrogens (tertiary/aromatic N) is 5. The Morgan fingerprint density at radius 2 is 2.02 bits per heavy atom. The Balaban J connectivity index is 1.38. The topological polar surface area (TPSA) is 142 Å². The Labute approximate surface area is 237 Å². The van der Waals surface area contributed by atoms with Gasteiger partial charge in [-0.3, -0.25) is 19.5 Å². The molecule has 3 aromatic heterocycles. The lowest BCUT2D eigenvalue weighted by atomic mass is 10.1. The maximum Gasteiger partial charge on any atom is 0.260 e. The van der Waals surface area contributed by atoms with Crippen molar-refractivity contribution < 1.29 is 14.3 Å². The molecule has 2 aliphatic rings. The number of methoxy groups -OCH3 is 1. The van der Waals surface area contributed by atoms with E-state index >= 15 is 0 Å². The monoisotopic (exact) mass is 564 g/mol. The Bertz CT molecular complexity index is 1480. The molecule has 0 saturated carbocycles. The highest BCUT2D eigenvalue weighted by atomic mass is 35.5. The number of rotatable bonds is 8. The number of halogens is 1. The quantitative estimate of drug-likeness (QED) is 0.279. The van der Waals surface area contributed by atoms with Gasteiger partial charge in [0.2, 0.25) is 5.95 Å². The number of fused-ring (bicyclic) bond motifs is 1. The van der Waals surface area contributed by atoms with Gasteiger partial charge in [0.1, 0.15) is 10.9 Å². The number of hydrogen-bond acceptors (Lipinski definition) is 8. The molecule has 1 fully saturated rings. The molecule has 5 rings (SSSR count). The maximum absolute atomic E-state index is 13.7. The van der Waals surface area contributed by atoms with Gasteiger partial charge in [-0.2, -0.15) is 4.98 Å². The molecule has 0 radical (unpaired) electrons. The molecule has 3 aromatic rings. The molecule has 0 bridgehead atoms. The van der Waals surface area contributed by atoms with E-state index in [1.165, 1.54) is 24.2 Å². The summed E-state index contributed by atoms with van der Waals surface area (Å²) in [6.07, 6.45) is 8.66. The first-order valence-electron chi connectivity index (χ1n) is 13.3. The van der Waals surface area contributed by atoms with Gasteiger partial charge in [0.05, 0.1) is 36.0 Å². The van der Waals surface area contributed by atoms with Crippen molar-refractivity contribution in [3.63, 3.8) is 0 Å². The van der Waals surface area contributed by atoms with Crippen LogP contribution in [0.25, 0.3) is 11.6 Å². The van der Waals surface area contributed by atoms with Gasteiger partial charge in [0, 0.05) is 42.3 Å². The lowest BCUT2D eigenvalue weighted by Gasteiger charge is -2.26. The average molecular weight is 565 g/mol. The van der Waals surface area contributed by atoms with E-state index in [9.17, 15) is 9.59 Å². The number of hydrogen-bond donors (Lipinski definition) is 3. The number of carbonyl (C=O) groups excluding carboxylic acids is 2. The van der Waals surface area contributed by atoms with Crippen LogP contribution >= 0.6 is 11.6 Å². The molecule has 4 N–H and O–H groups in total. The van der Waals surface area contributed by atoms with Gasteiger partial charge in [-0.05, 0) is 51.9 Å². The number of aromatic nitrogens is 4. The number of carbonyl (C=O) groups is 2. The first kappa shape index (κ1) is 27.6. The highest BCUT2D eigenvalue weighted by molar-refractivity contribution is 6.41. The molecule has 40 heavy (non-hydrogen) atoms. The zero-order valence-electron chi connectivity index (χ0n) is 22.9. The maximum atomic E-state index is 13.7. The van der Waals surface area contributed by atoms with E-state index in [-0.39, 0.29) is 35.0 Å². The number of nitrogen functional groups attached to an aromatic ring is 1. The summed E-state index contributed by atoms with van der Waals surface area (Å²) in [7, 11) is 1.60. The van der Waals surface area contributed by atoms with Crippen molar-refractivity contribution in [2.75, 3.05) is 43.9 Å². The number of nitrogens with one attached hydrogen (secondary N) is 2. The van der Waals surface area contributed by atoms with Crippen molar-refractivity contribution in [1.82, 2.24) is 30.2 Å². The normalized spacial score (nSPS) is 16.4. The third-order valence-corrected chi connectivity index (χ3v) is 7.62. The highest BCUT2D eigenvalue weighted by Crippen LogP contribution is 2.41. The number of nitrogens with two attached hydrogens (primary N) is 1. The summed E-state index contributed by atoms with van der Waals surface area (Å²) >= 11 is 6.48. The molecular formula is C28H33ClN8O3. The fraction of sp³-hybridized carbons (Fsp3) is 0.393. The zero-order valence-corrected chi connectivity index (χ0v) is 23.6. The first-order chi connectivity index (χ1) is 19.3. The van der Waals surface area contributed by atoms with Crippen molar-refractivity contribution in [2.45, 2.75) is 39.7 Å². The molecule has 12 heteroatoms. The molecule has 0 spiro atoms. The predicted molar refractivity (Wildman–Crippen MR) is 154 cm³/mol. The minimum Gasteiger partial charge on any atom is -0.496 e. The van der Waals surface area contributed by atoms with Gasteiger partial charge in [0.25, 0.3) is 11.8 Å². The SMILES string of the molecule is COc1c(C)cnc(CN2C(=O)C(=Cc3cc(C(=O)NCCN4CCCCC4)c[nH]3)c3c(Cl)nc(N)nc32)c1C. The molecule has 2 amide bonds. The predicted octanol–water partition coefficient (Wildman–Crippen LogP) is 3.36. The minimum atomic E-state index is -0.334. The van der Waals surface area contributed by atoms with Crippen LogP contribution in [0.3, 0.4) is 0 Å². The summed E-state index contributed by atoms with van der Waals surface area (Å²) < 4.78 is 5.53. The van der Waals surface area contributed by atoms with E-state index in [4.69, 9.17) is 22.1 Å². The average Bonchev–Trinajstić information content (AvgIpc) is 3.50. The Hall–Kier alpha value is -3.96. The number of H-pyrrole nitrogens is 1. The van der Waals surface area contributed by atoms with E-state index in [2.05, 4.69) is 30.2 Å². The van der Waals surface area contributed by atoms with Crippen LogP contribution in [0.4, 0.5) is 11.8 Å². The Kier molecular flexibility index (Phi) is 8.04. The second kappa shape index (κ2) is 11.6. The summed E-state index contributed by atoms with van der Waals surface area (Å²) in [5, 5.41) is 3.04. The molecule has 0 unspecified atom stereocenters. The fourth-order valence-corrected chi connectivity index (χ4v) is 5.54. The van der Waals surface area contributed by atoms with Crippen LogP contribution < -0.4 is 20.7 Å². The van der Waals surface area contributed by atoms with Crippen LogP contribution in [-0.2, 0) is 11.3 Å². The number of aryl methyl sites for hydroxylation is 1. The number of aromatic amines is 1. The molecule has 0 atom stereocenters. The smallest absolute Gasteiger partial charge is 0.260 e. The van der Waals surface area contributed by atoms with Crippen molar-refractivity contribution in [3.8, 4) is 5.75 Å². The minimum absolute atomic E-state index is 0.0441. The third-order valence-electron chi connectivity index (χ3n) is 7.35. The summed E-state index contributed by atoms with van der Waals surface area (Å²) in [5.41, 5.74) is 9.97. The van der Waals surface area contributed by atoms with Gasteiger partial charge >= 0.3 is 0 Å². The van der Waals surface area contributed by atoms with Crippen LogP contribution in [0.1, 0.15) is 57.7 Å². The number of ether oxygens (including phenoxy) is 1. The van der Waals surface area contributed by atoms with Crippen molar-refractivity contribution in [2.24, 2.45) is 0 Å². The van der Waals surface area contributed by atoms with Crippen LogP contribution in [0.5, 0.6) is 5.75 Å². The largest absolute Gasteiger partial charge is 0.496 e. The molecular weight excluding hydrogens is 532 g/mol. The summed E-state index contributed by atoms with van der Waals surface area (Å²) in [5.74, 6) is 0.455. The number of pyridine rings is 1. The molecule has 5 heterocycles. The van der Waals surface area contributed by atoms with Crippen LogP contribution in [0.15, 0.2) is 18.5 Å². The second-order valence-corrected chi connectivity index (χ2v) is 10.4. The second-order valence-electron chi connectivity index (χ2n) is 10.1. The molecule has 11 nitrogen and oxygen atoms in total. The summed E-state index contributed by atoms with van der Waals surface area (Å²) in [6, 6.07) is 1.70. The number of likely N-dealkylation sites (tertiary alicyclic amines) is 1. The van der Waals surface area contributed by atoms with Crippen molar-refractivity contribution >= 4 is 46.8 Å². The highest BCUT2D eigenvalue weighted by Gasteiger charge is 2.37. The summed E-state index contributed by atoms with van der Waals surface area (Å²) in [6.45, 7) is 7.50. The third kappa shape index (κ3) is 5.52. The van der Waals surface area contributed by atoms with E-state index in [0.29, 0.717) is 40.6 Å². The Morgan fingerprint density at radius 1 is 1.25 bits per heavy atom. The van der Waals surface area contributed by atoms with E-state index in [1.807, 2.05) is 13.8 Å².